The van der Waals surface area contributed by atoms with Gasteiger partial charge in [0.25, 0.3) is 10.0 Å². The normalized spacial score (nSPS) is 11.5. The number of benzene rings is 2. The van der Waals surface area contributed by atoms with Gasteiger partial charge in [0.15, 0.2) is 11.6 Å². The van der Waals surface area contributed by atoms with Crippen LogP contribution < -0.4 is 10.0 Å². The molecule has 0 amide bonds. The number of nitrogens with one attached hydrogen (secondary N) is 2. The van der Waals surface area contributed by atoms with Crippen LogP contribution in [0, 0.1) is 24.4 Å². The molecule has 0 aliphatic carbocycles. The summed E-state index contributed by atoms with van der Waals surface area (Å²) in [7, 11) is -4.37. The summed E-state index contributed by atoms with van der Waals surface area (Å²) in [6.07, 6.45) is 1.16. The van der Waals surface area contributed by atoms with Gasteiger partial charge in [0.05, 0.1) is 16.1 Å². The van der Waals surface area contributed by atoms with Gasteiger partial charge in [-0.2, -0.15) is 0 Å². The summed E-state index contributed by atoms with van der Waals surface area (Å²) >= 11 is 5.89. The number of sulfonamides is 1. The Morgan fingerprint density at radius 2 is 1.75 bits per heavy atom. The molecule has 0 radical (unpaired) electrons. The maximum atomic E-state index is 15.1. The molecular weight excluding hydrogens is 467 g/mol. The second kappa shape index (κ2) is 8.24. The number of anilines is 3. The third-order valence-electron chi connectivity index (χ3n) is 4.53. The Kier molecular flexibility index (Phi) is 5.61. The molecule has 2 aromatic heterocycles. The standard InChI is InChI=1S/C20H13ClF3N5O2S/c1-10-11(22)3-2-4-15(10)32(30,31)29-13-6-5-12(23)18(17(13)24)28-20-19-14(25-9-26-20)7-8-16(21)27-19/h2-9,29H,1H3,(H,25,26,28). The van der Waals surface area contributed by atoms with Crippen molar-refractivity contribution in [2.24, 2.45) is 0 Å². The molecule has 7 nitrogen and oxygen atoms in total. The highest BCUT2D eigenvalue weighted by Crippen LogP contribution is 2.32. The topological polar surface area (TPSA) is 96.9 Å². The third-order valence-corrected chi connectivity index (χ3v) is 6.25. The van der Waals surface area contributed by atoms with E-state index in [1.807, 2.05) is 4.72 Å². The quantitative estimate of drug-likeness (QED) is 0.393. The molecule has 0 atom stereocenters. The Morgan fingerprint density at radius 1 is 0.969 bits per heavy atom. The third kappa shape index (κ3) is 4.04. The molecule has 32 heavy (non-hydrogen) atoms. The first-order valence-electron chi connectivity index (χ1n) is 8.97. The summed E-state index contributed by atoms with van der Waals surface area (Å²) in [5.74, 6) is -3.04. The predicted molar refractivity (Wildman–Crippen MR) is 114 cm³/mol. The van der Waals surface area contributed by atoms with Crippen molar-refractivity contribution >= 4 is 49.9 Å². The second-order valence-corrected chi connectivity index (χ2v) is 8.64. The summed E-state index contributed by atoms with van der Waals surface area (Å²) in [5, 5.41) is 2.59. The van der Waals surface area contributed by atoms with Gasteiger partial charge >= 0.3 is 0 Å². The van der Waals surface area contributed by atoms with Gasteiger partial charge in [-0.15, -0.1) is 0 Å². The van der Waals surface area contributed by atoms with Gasteiger partial charge in [0.1, 0.15) is 34.3 Å². The monoisotopic (exact) mass is 479 g/mol. The summed E-state index contributed by atoms with van der Waals surface area (Å²) in [4.78, 5) is 11.6. The van der Waals surface area contributed by atoms with E-state index in [4.69, 9.17) is 11.6 Å². The molecule has 0 bridgehead atoms. The van der Waals surface area contributed by atoms with E-state index in [9.17, 15) is 17.2 Å². The zero-order chi connectivity index (χ0) is 23.0. The fraction of sp³-hybridized carbons (Fsp3) is 0.0500. The summed E-state index contributed by atoms with van der Waals surface area (Å²) < 4.78 is 70.8. The van der Waals surface area contributed by atoms with Crippen molar-refractivity contribution in [3.63, 3.8) is 0 Å². The van der Waals surface area contributed by atoms with Gasteiger partial charge in [-0.25, -0.2) is 36.5 Å². The highest BCUT2D eigenvalue weighted by Gasteiger charge is 2.23. The molecule has 2 N–H and O–H groups in total. The molecule has 0 saturated carbocycles. The van der Waals surface area contributed by atoms with Crippen LogP contribution in [0.3, 0.4) is 0 Å². The van der Waals surface area contributed by atoms with Crippen LogP contribution in [0.1, 0.15) is 5.56 Å². The van der Waals surface area contributed by atoms with Crippen molar-refractivity contribution in [1.82, 2.24) is 15.0 Å². The molecule has 0 unspecified atom stereocenters. The molecule has 2 aromatic carbocycles. The molecule has 4 aromatic rings. The Hall–Kier alpha value is -3.44. The lowest BCUT2D eigenvalue weighted by Crippen LogP contribution is -2.16. The maximum Gasteiger partial charge on any atom is 0.262 e. The number of pyridine rings is 1. The Labute approximate surface area is 185 Å². The van der Waals surface area contributed by atoms with Crippen molar-refractivity contribution < 1.29 is 21.6 Å². The van der Waals surface area contributed by atoms with Gasteiger partial charge in [-0.05, 0) is 43.3 Å². The van der Waals surface area contributed by atoms with E-state index >= 15 is 4.39 Å². The smallest absolute Gasteiger partial charge is 0.262 e. The maximum absolute atomic E-state index is 15.1. The summed E-state index contributed by atoms with van der Waals surface area (Å²) in [6.45, 7) is 1.27. The first-order valence-corrected chi connectivity index (χ1v) is 10.8. The number of nitrogens with zero attached hydrogens (tertiary/aromatic N) is 3. The minimum atomic E-state index is -4.37. The average molecular weight is 480 g/mol. The molecule has 0 aliphatic rings. The van der Waals surface area contributed by atoms with E-state index in [-0.39, 0.29) is 26.9 Å². The van der Waals surface area contributed by atoms with E-state index in [1.165, 1.54) is 25.1 Å². The fourth-order valence-corrected chi connectivity index (χ4v) is 4.41. The number of aromatic nitrogens is 3. The number of halogens is 4. The molecule has 0 saturated heterocycles. The average Bonchev–Trinajstić information content (AvgIpc) is 2.75. The van der Waals surface area contributed by atoms with Crippen molar-refractivity contribution in [3.8, 4) is 0 Å². The molecule has 12 heteroatoms. The first-order chi connectivity index (χ1) is 15.2. The van der Waals surface area contributed by atoms with Crippen LogP contribution in [-0.2, 0) is 10.0 Å². The second-order valence-electron chi connectivity index (χ2n) is 6.60. The van der Waals surface area contributed by atoms with Crippen molar-refractivity contribution in [3.05, 3.63) is 77.0 Å². The highest BCUT2D eigenvalue weighted by molar-refractivity contribution is 7.92. The number of rotatable bonds is 5. The van der Waals surface area contributed by atoms with Gasteiger partial charge in [-0.1, -0.05) is 17.7 Å². The SMILES string of the molecule is Cc1c(F)cccc1S(=O)(=O)Nc1ccc(F)c(Nc2ncnc3ccc(Cl)nc23)c1F. The lowest BCUT2D eigenvalue weighted by atomic mass is 10.2. The van der Waals surface area contributed by atoms with Gasteiger partial charge in [0.2, 0.25) is 0 Å². The van der Waals surface area contributed by atoms with Crippen LogP contribution in [0.15, 0.2) is 53.7 Å². The molecule has 0 spiro atoms. The molecule has 2 heterocycles. The van der Waals surface area contributed by atoms with Crippen LogP contribution >= 0.6 is 11.6 Å². The number of hydrogen-bond donors (Lipinski definition) is 2. The number of fused-ring (bicyclic) bond motifs is 1. The Bertz CT molecular complexity index is 1470. The predicted octanol–water partition coefficient (Wildman–Crippen LogP) is 4.95. The molecular formula is C20H13ClF3N5O2S. The van der Waals surface area contributed by atoms with Crippen molar-refractivity contribution in [2.45, 2.75) is 11.8 Å². The molecule has 0 aliphatic heterocycles. The fourth-order valence-electron chi connectivity index (χ4n) is 2.95. The van der Waals surface area contributed by atoms with E-state index < -0.39 is 38.8 Å². The van der Waals surface area contributed by atoms with E-state index in [2.05, 4.69) is 20.3 Å². The van der Waals surface area contributed by atoms with Crippen LogP contribution in [0.5, 0.6) is 0 Å². The van der Waals surface area contributed by atoms with E-state index in [1.54, 1.807) is 6.07 Å². The Morgan fingerprint density at radius 3 is 2.53 bits per heavy atom. The van der Waals surface area contributed by atoms with Crippen LogP contribution in [0.4, 0.5) is 30.4 Å². The largest absolute Gasteiger partial charge is 0.333 e. The van der Waals surface area contributed by atoms with Gasteiger partial charge < -0.3 is 5.32 Å². The van der Waals surface area contributed by atoms with Crippen molar-refractivity contribution in [2.75, 3.05) is 10.0 Å². The molecule has 164 valence electrons. The molecule has 4 rings (SSSR count). The highest BCUT2D eigenvalue weighted by atomic mass is 35.5. The Balaban J connectivity index is 1.75. The minimum Gasteiger partial charge on any atom is -0.333 e. The lowest BCUT2D eigenvalue weighted by molar-refractivity contribution is 0.585. The molecule has 0 fully saturated rings. The summed E-state index contributed by atoms with van der Waals surface area (Å²) in [6, 6.07) is 8.30. The first kappa shape index (κ1) is 21.8. The van der Waals surface area contributed by atoms with Gasteiger partial charge in [-0.3, -0.25) is 4.72 Å². The minimum absolute atomic E-state index is 0.0451. The number of hydrogen-bond acceptors (Lipinski definition) is 6. The lowest BCUT2D eigenvalue weighted by Gasteiger charge is -2.15. The van der Waals surface area contributed by atoms with Crippen molar-refractivity contribution in [1.29, 1.82) is 0 Å². The van der Waals surface area contributed by atoms with E-state index in [0.29, 0.717) is 5.52 Å². The zero-order valence-electron chi connectivity index (χ0n) is 16.2. The van der Waals surface area contributed by atoms with Gasteiger partial charge in [0, 0.05) is 5.56 Å². The van der Waals surface area contributed by atoms with Crippen LogP contribution in [-0.4, -0.2) is 23.4 Å². The van der Waals surface area contributed by atoms with Crippen LogP contribution in [0.2, 0.25) is 5.15 Å². The summed E-state index contributed by atoms with van der Waals surface area (Å²) in [5.41, 5.74) is -0.854. The zero-order valence-corrected chi connectivity index (χ0v) is 17.8. The van der Waals surface area contributed by atoms with Crippen LogP contribution in [0.25, 0.3) is 11.0 Å². The van der Waals surface area contributed by atoms with E-state index in [0.717, 1.165) is 24.5 Å².